The minimum atomic E-state index is 0.0782. The highest BCUT2D eigenvalue weighted by atomic mass is 32.1. The van der Waals surface area contributed by atoms with Gasteiger partial charge in [-0.2, -0.15) is 0 Å². The number of carbonyl (C=O) groups is 1. The Hall–Kier alpha value is -1.42. The Kier molecular flexibility index (Phi) is 3.39. The molecule has 0 bridgehead atoms. The van der Waals surface area contributed by atoms with Gasteiger partial charge in [-0.05, 0) is 12.1 Å². The molecule has 4 heteroatoms. The Labute approximate surface area is 111 Å². The Morgan fingerprint density at radius 3 is 2.72 bits per heavy atom. The fraction of sp³-hybridized carbons (Fsp3) is 0.429. The fourth-order valence-electron chi connectivity index (χ4n) is 1.75. The van der Waals surface area contributed by atoms with Gasteiger partial charge in [-0.3, -0.25) is 4.79 Å². The lowest BCUT2D eigenvalue weighted by Gasteiger charge is -2.14. The Morgan fingerprint density at radius 2 is 2.17 bits per heavy atom. The Bertz CT molecular complexity index is 560. The smallest absolute Gasteiger partial charge is 0.176 e. The maximum atomic E-state index is 11.4. The van der Waals surface area contributed by atoms with E-state index in [1.807, 2.05) is 22.9 Å². The number of hydrogen-bond acceptors (Lipinski definition) is 3. The zero-order chi connectivity index (χ0) is 13.3. The number of Topliss-reactive ketones (excluding diaryl/α,β-unsaturated/α-hetero) is 1. The summed E-state index contributed by atoms with van der Waals surface area (Å²) in [6.07, 6.45) is 1.93. The highest BCUT2D eigenvalue weighted by molar-refractivity contribution is 7.09. The van der Waals surface area contributed by atoms with E-state index in [1.165, 1.54) is 0 Å². The molecule has 0 saturated carbocycles. The highest BCUT2D eigenvalue weighted by Gasteiger charge is 2.17. The van der Waals surface area contributed by atoms with Crippen molar-refractivity contribution in [2.24, 2.45) is 0 Å². The van der Waals surface area contributed by atoms with Crippen LogP contribution in [-0.4, -0.2) is 15.3 Å². The number of aromatic nitrogens is 2. The zero-order valence-electron chi connectivity index (χ0n) is 11.2. The van der Waals surface area contributed by atoms with Gasteiger partial charge < -0.3 is 4.57 Å². The van der Waals surface area contributed by atoms with E-state index in [-0.39, 0.29) is 11.2 Å². The molecule has 0 atom stereocenters. The monoisotopic (exact) mass is 262 g/mol. The molecule has 2 aromatic rings. The molecule has 18 heavy (non-hydrogen) atoms. The average molecular weight is 262 g/mol. The van der Waals surface area contributed by atoms with E-state index in [0.717, 1.165) is 16.4 Å². The van der Waals surface area contributed by atoms with Crippen molar-refractivity contribution < 1.29 is 4.79 Å². The van der Waals surface area contributed by atoms with E-state index in [0.29, 0.717) is 6.54 Å². The van der Waals surface area contributed by atoms with Crippen molar-refractivity contribution in [2.75, 3.05) is 0 Å². The molecule has 96 valence electrons. The molecule has 0 spiro atoms. The number of carbonyl (C=O) groups excluding carboxylic acids is 1. The van der Waals surface area contributed by atoms with Crippen LogP contribution in [0.25, 0.3) is 0 Å². The summed E-state index contributed by atoms with van der Waals surface area (Å²) in [6.45, 7) is 8.73. The van der Waals surface area contributed by atoms with Crippen molar-refractivity contribution in [3.8, 4) is 0 Å². The molecule has 0 N–H and O–H groups in total. The molecule has 0 radical (unpaired) electrons. The van der Waals surface area contributed by atoms with Gasteiger partial charge in [-0.15, -0.1) is 11.3 Å². The third kappa shape index (κ3) is 2.70. The largest absolute Gasteiger partial charge is 0.338 e. The maximum Gasteiger partial charge on any atom is 0.176 e. The Morgan fingerprint density at radius 1 is 1.44 bits per heavy atom. The third-order valence-corrected chi connectivity index (χ3v) is 3.65. The summed E-state index contributed by atoms with van der Waals surface area (Å²) >= 11 is 1.65. The second-order valence-electron chi connectivity index (χ2n) is 5.45. The average Bonchev–Trinajstić information content (AvgIpc) is 2.85. The Balaban J connectivity index is 2.22. The number of rotatable bonds is 3. The van der Waals surface area contributed by atoms with Crippen LogP contribution in [0.3, 0.4) is 0 Å². The SMILES string of the molecule is CC(=O)c1cccn1Cc1nc(C(C)(C)C)cs1. The van der Waals surface area contributed by atoms with Crippen LogP contribution in [0.4, 0.5) is 0 Å². The number of ketones is 1. The first kappa shape index (κ1) is 13.0. The van der Waals surface area contributed by atoms with Gasteiger partial charge >= 0.3 is 0 Å². The van der Waals surface area contributed by atoms with Crippen LogP contribution >= 0.6 is 11.3 Å². The molecule has 0 aliphatic heterocycles. The van der Waals surface area contributed by atoms with Gasteiger partial charge in [0.05, 0.1) is 17.9 Å². The second-order valence-corrected chi connectivity index (χ2v) is 6.40. The molecular formula is C14H18N2OS. The first-order valence-electron chi connectivity index (χ1n) is 5.99. The summed E-state index contributed by atoms with van der Waals surface area (Å²) in [6, 6.07) is 3.75. The van der Waals surface area contributed by atoms with E-state index in [9.17, 15) is 4.79 Å². The van der Waals surface area contributed by atoms with Crippen molar-refractivity contribution >= 4 is 17.1 Å². The van der Waals surface area contributed by atoms with E-state index in [4.69, 9.17) is 0 Å². The summed E-state index contributed by atoms with van der Waals surface area (Å²) in [5.41, 5.74) is 1.93. The molecule has 0 saturated heterocycles. The van der Waals surface area contributed by atoms with Gasteiger partial charge in [-0.25, -0.2) is 4.98 Å². The van der Waals surface area contributed by atoms with Crippen molar-refractivity contribution in [3.63, 3.8) is 0 Å². The maximum absolute atomic E-state index is 11.4. The highest BCUT2D eigenvalue weighted by Crippen LogP contribution is 2.24. The number of hydrogen-bond donors (Lipinski definition) is 0. The van der Waals surface area contributed by atoms with Gasteiger partial charge in [0.25, 0.3) is 0 Å². The van der Waals surface area contributed by atoms with Gasteiger partial charge in [0.15, 0.2) is 5.78 Å². The molecular weight excluding hydrogens is 244 g/mol. The summed E-state index contributed by atoms with van der Waals surface area (Å²) in [7, 11) is 0. The summed E-state index contributed by atoms with van der Waals surface area (Å²) in [4.78, 5) is 16.1. The molecule has 2 heterocycles. The van der Waals surface area contributed by atoms with Crippen LogP contribution < -0.4 is 0 Å². The minimum Gasteiger partial charge on any atom is -0.338 e. The lowest BCUT2D eigenvalue weighted by atomic mass is 9.93. The molecule has 0 aliphatic carbocycles. The molecule has 0 amide bonds. The van der Waals surface area contributed by atoms with Crippen LogP contribution in [0.5, 0.6) is 0 Å². The van der Waals surface area contributed by atoms with Gasteiger partial charge in [0, 0.05) is 23.9 Å². The van der Waals surface area contributed by atoms with Crippen molar-refractivity contribution in [2.45, 2.75) is 39.7 Å². The molecule has 2 aromatic heterocycles. The van der Waals surface area contributed by atoms with Crippen molar-refractivity contribution in [1.29, 1.82) is 0 Å². The molecule has 0 aliphatic rings. The van der Waals surface area contributed by atoms with E-state index >= 15 is 0 Å². The first-order valence-corrected chi connectivity index (χ1v) is 6.87. The van der Waals surface area contributed by atoms with Crippen LogP contribution in [0.15, 0.2) is 23.7 Å². The molecule has 0 fully saturated rings. The molecule has 3 nitrogen and oxygen atoms in total. The first-order chi connectivity index (χ1) is 8.38. The third-order valence-electron chi connectivity index (χ3n) is 2.82. The fourth-order valence-corrected chi connectivity index (χ4v) is 2.76. The van der Waals surface area contributed by atoms with Crippen LogP contribution in [-0.2, 0) is 12.0 Å². The van der Waals surface area contributed by atoms with Gasteiger partial charge in [-0.1, -0.05) is 20.8 Å². The van der Waals surface area contributed by atoms with Gasteiger partial charge in [0.1, 0.15) is 5.01 Å². The lowest BCUT2D eigenvalue weighted by Crippen LogP contribution is -2.12. The quantitative estimate of drug-likeness (QED) is 0.794. The van der Waals surface area contributed by atoms with Crippen molar-refractivity contribution in [1.82, 2.24) is 9.55 Å². The second kappa shape index (κ2) is 4.69. The van der Waals surface area contributed by atoms with Gasteiger partial charge in [0.2, 0.25) is 0 Å². The number of thiazole rings is 1. The molecule has 0 aromatic carbocycles. The van der Waals surface area contributed by atoms with E-state index in [1.54, 1.807) is 18.3 Å². The molecule has 0 unspecified atom stereocenters. The van der Waals surface area contributed by atoms with E-state index < -0.39 is 0 Å². The van der Waals surface area contributed by atoms with Crippen LogP contribution in [0, 0.1) is 0 Å². The van der Waals surface area contributed by atoms with Crippen LogP contribution in [0.2, 0.25) is 0 Å². The summed E-state index contributed by atoms with van der Waals surface area (Å²) in [5, 5.41) is 3.14. The van der Waals surface area contributed by atoms with Crippen LogP contribution in [0.1, 0.15) is 48.9 Å². The number of nitrogens with zero attached hydrogens (tertiary/aromatic N) is 2. The molecule has 2 rings (SSSR count). The normalized spacial score (nSPS) is 11.8. The van der Waals surface area contributed by atoms with E-state index in [2.05, 4.69) is 31.1 Å². The predicted molar refractivity (Wildman–Crippen MR) is 74.4 cm³/mol. The standard InChI is InChI=1S/C14H18N2OS/c1-10(17)11-6-5-7-16(11)8-13-15-12(9-18-13)14(2,3)4/h5-7,9H,8H2,1-4H3. The topological polar surface area (TPSA) is 34.9 Å². The summed E-state index contributed by atoms with van der Waals surface area (Å²) < 4.78 is 1.95. The predicted octanol–water partition coefficient (Wildman–Crippen LogP) is 3.49. The lowest BCUT2D eigenvalue weighted by molar-refractivity contribution is 0.100. The summed E-state index contributed by atoms with van der Waals surface area (Å²) in [5.74, 6) is 0.0904. The minimum absolute atomic E-state index is 0.0782. The zero-order valence-corrected chi connectivity index (χ0v) is 12.0. The van der Waals surface area contributed by atoms with Crippen molar-refractivity contribution in [3.05, 3.63) is 40.1 Å².